The number of aromatic carboxylic acids is 2. The first-order valence-corrected chi connectivity index (χ1v) is 5.79. The minimum atomic E-state index is -1.35. The second-order valence-electron chi connectivity index (χ2n) is 4.06. The zero-order valence-electron chi connectivity index (χ0n) is 10.6. The molecule has 0 aliphatic carbocycles. The third-order valence-electron chi connectivity index (χ3n) is 2.59. The van der Waals surface area contributed by atoms with Crippen molar-refractivity contribution in [3.8, 4) is 5.75 Å². The van der Waals surface area contributed by atoms with Crippen LogP contribution in [0.1, 0.15) is 20.7 Å². The molecule has 7 heteroatoms. The molecule has 2 aromatic rings. The molecule has 2 aromatic carbocycles. The number of hydrogen-bond donors (Lipinski definition) is 3. The number of nitrogens with zero attached hydrogens (tertiary/aromatic N) is 2. The fourth-order valence-corrected chi connectivity index (χ4v) is 1.59. The summed E-state index contributed by atoms with van der Waals surface area (Å²) in [7, 11) is 0. The number of carboxylic acid groups (broad SMARTS) is 2. The number of carboxylic acids is 2. The van der Waals surface area contributed by atoms with E-state index in [4.69, 9.17) is 15.3 Å². The molecule has 0 unspecified atom stereocenters. The van der Waals surface area contributed by atoms with Crippen molar-refractivity contribution >= 4 is 23.3 Å². The van der Waals surface area contributed by atoms with Gasteiger partial charge in [-0.15, -0.1) is 0 Å². The van der Waals surface area contributed by atoms with Crippen molar-refractivity contribution in [2.45, 2.75) is 0 Å². The molecule has 2 rings (SSSR count). The number of rotatable bonds is 4. The predicted molar refractivity (Wildman–Crippen MR) is 72.6 cm³/mol. The third kappa shape index (κ3) is 3.41. The zero-order valence-corrected chi connectivity index (χ0v) is 10.6. The first-order valence-electron chi connectivity index (χ1n) is 5.79. The molecule has 0 saturated carbocycles. The van der Waals surface area contributed by atoms with E-state index in [9.17, 15) is 9.59 Å². The number of hydrogen-bond acceptors (Lipinski definition) is 5. The van der Waals surface area contributed by atoms with Crippen LogP contribution in [0.15, 0.2) is 52.7 Å². The molecule has 0 fully saturated rings. The van der Waals surface area contributed by atoms with Crippen LogP contribution in [0.2, 0.25) is 0 Å². The lowest BCUT2D eigenvalue weighted by Gasteiger charge is -2.02. The number of phenolic OH excluding ortho intramolecular Hbond substituents is 1. The Balaban J connectivity index is 2.32. The summed E-state index contributed by atoms with van der Waals surface area (Å²) in [6.45, 7) is 0. The van der Waals surface area contributed by atoms with Gasteiger partial charge >= 0.3 is 11.9 Å². The van der Waals surface area contributed by atoms with Crippen LogP contribution in [0, 0.1) is 0 Å². The molecule has 21 heavy (non-hydrogen) atoms. The molecular weight excluding hydrogens is 276 g/mol. The van der Waals surface area contributed by atoms with Gasteiger partial charge in [-0.1, -0.05) is 0 Å². The summed E-state index contributed by atoms with van der Waals surface area (Å²) in [5.74, 6) is -2.59. The van der Waals surface area contributed by atoms with Crippen molar-refractivity contribution < 1.29 is 24.9 Å². The van der Waals surface area contributed by atoms with E-state index < -0.39 is 11.9 Å². The Morgan fingerprint density at radius 3 is 1.86 bits per heavy atom. The largest absolute Gasteiger partial charge is 0.508 e. The molecule has 0 heterocycles. The molecule has 0 radical (unpaired) electrons. The van der Waals surface area contributed by atoms with Crippen LogP contribution >= 0.6 is 0 Å². The second-order valence-corrected chi connectivity index (χ2v) is 4.06. The number of benzene rings is 2. The lowest BCUT2D eigenvalue weighted by Crippen LogP contribution is -2.07. The molecule has 0 aliphatic rings. The highest BCUT2D eigenvalue weighted by Gasteiger charge is 2.16. The summed E-state index contributed by atoms with van der Waals surface area (Å²) in [6, 6.07) is 9.59. The Bertz CT molecular complexity index is 723. The number of phenols is 1. The highest BCUT2D eigenvalue weighted by molar-refractivity contribution is 6.02. The minimum absolute atomic E-state index is 0.0907. The van der Waals surface area contributed by atoms with Crippen molar-refractivity contribution in [2.75, 3.05) is 0 Å². The summed E-state index contributed by atoms with van der Waals surface area (Å²) in [6.07, 6.45) is 0. The van der Waals surface area contributed by atoms with E-state index in [-0.39, 0.29) is 22.6 Å². The molecule has 3 N–H and O–H groups in total. The summed E-state index contributed by atoms with van der Waals surface area (Å²) < 4.78 is 0. The smallest absolute Gasteiger partial charge is 0.336 e. The van der Waals surface area contributed by atoms with E-state index in [2.05, 4.69) is 10.2 Å². The fraction of sp³-hybridized carbons (Fsp3) is 0. The van der Waals surface area contributed by atoms with E-state index in [1.165, 1.54) is 30.3 Å². The standard InChI is InChI=1S/C14H10N2O5/c17-10-4-1-8(2-5-10)15-16-9-3-6-11(13(18)19)12(7-9)14(20)21/h1-7,17H,(H,18,19)(H,20,21). The van der Waals surface area contributed by atoms with Crippen molar-refractivity contribution in [3.63, 3.8) is 0 Å². The van der Waals surface area contributed by atoms with Gasteiger partial charge in [-0.05, 0) is 42.5 Å². The van der Waals surface area contributed by atoms with Crippen molar-refractivity contribution in [1.82, 2.24) is 0 Å². The van der Waals surface area contributed by atoms with Gasteiger partial charge in [-0.25, -0.2) is 9.59 Å². The summed E-state index contributed by atoms with van der Waals surface area (Å²) in [5.41, 5.74) is 0.00759. The molecule has 0 aliphatic heterocycles. The van der Waals surface area contributed by atoms with E-state index in [0.29, 0.717) is 5.69 Å². The van der Waals surface area contributed by atoms with Crippen LogP contribution in [-0.4, -0.2) is 27.3 Å². The van der Waals surface area contributed by atoms with Crippen LogP contribution in [0.5, 0.6) is 5.75 Å². The molecule has 0 atom stereocenters. The van der Waals surface area contributed by atoms with Gasteiger partial charge in [0.15, 0.2) is 0 Å². The second kappa shape index (κ2) is 5.83. The van der Waals surface area contributed by atoms with Gasteiger partial charge < -0.3 is 15.3 Å². The Kier molecular flexibility index (Phi) is 3.94. The zero-order chi connectivity index (χ0) is 15.4. The summed E-state index contributed by atoms with van der Waals surface area (Å²) in [4.78, 5) is 21.9. The van der Waals surface area contributed by atoms with Gasteiger partial charge in [0.05, 0.1) is 22.5 Å². The van der Waals surface area contributed by atoms with Crippen LogP contribution in [-0.2, 0) is 0 Å². The Morgan fingerprint density at radius 2 is 1.29 bits per heavy atom. The molecule has 0 aromatic heterocycles. The third-order valence-corrected chi connectivity index (χ3v) is 2.59. The van der Waals surface area contributed by atoms with Gasteiger partial charge in [0.25, 0.3) is 0 Å². The molecule has 0 amide bonds. The molecule has 106 valence electrons. The van der Waals surface area contributed by atoms with Gasteiger partial charge in [0, 0.05) is 0 Å². The van der Waals surface area contributed by atoms with E-state index >= 15 is 0 Å². The van der Waals surface area contributed by atoms with Crippen molar-refractivity contribution in [2.24, 2.45) is 10.2 Å². The quantitative estimate of drug-likeness (QED) is 0.745. The molecule has 7 nitrogen and oxygen atoms in total. The average Bonchev–Trinajstić information content (AvgIpc) is 2.46. The SMILES string of the molecule is O=C(O)c1ccc(N=Nc2ccc(O)cc2)cc1C(=O)O. The average molecular weight is 286 g/mol. The minimum Gasteiger partial charge on any atom is -0.508 e. The molecule has 0 bridgehead atoms. The van der Waals surface area contributed by atoms with Crippen LogP contribution in [0.25, 0.3) is 0 Å². The fourth-order valence-electron chi connectivity index (χ4n) is 1.59. The van der Waals surface area contributed by atoms with Crippen molar-refractivity contribution in [1.29, 1.82) is 0 Å². The monoisotopic (exact) mass is 286 g/mol. The van der Waals surface area contributed by atoms with Crippen LogP contribution < -0.4 is 0 Å². The summed E-state index contributed by atoms with van der Waals surface area (Å²) in [5, 5.41) is 34.7. The van der Waals surface area contributed by atoms with E-state index in [1.54, 1.807) is 0 Å². The number of azo groups is 1. The van der Waals surface area contributed by atoms with Gasteiger partial charge in [-0.2, -0.15) is 10.2 Å². The van der Waals surface area contributed by atoms with E-state index in [1.807, 2.05) is 0 Å². The maximum atomic E-state index is 11.0. The summed E-state index contributed by atoms with van der Waals surface area (Å²) >= 11 is 0. The first kappa shape index (κ1) is 14.2. The maximum Gasteiger partial charge on any atom is 0.336 e. The Hall–Kier alpha value is -3.22. The first-order chi connectivity index (χ1) is 9.97. The van der Waals surface area contributed by atoms with E-state index in [0.717, 1.165) is 12.1 Å². The molecule has 0 saturated heterocycles. The lowest BCUT2D eigenvalue weighted by molar-refractivity contribution is 0.0651. The van der Waals surface area contributed by atoms with Gasteiger partial charge in [0.2, 0.25) is 0 Å². The number of carbonyl (C=O) groups is 2. The van der Waals surface area contributed by atoms with Crippen LogP contribution in [0.4, 0.5) is 11.4 Å². The lowest BCUT2D eigenvalue weighted by atomic mass is 10.1. The topological polar surface area (TPSA) is 120 Å². The number of aromatic hydroxyl groups is 1. The molecule has 0 spiro atoms. The highest BCUT2D eigenvalue weighted by atomic mass is 16.4. The Morgan fingerprint density at radius 1 is 0.762 bits per heavy atom. The Labute approximate surface area is 118 Å². The maximum absolute atomic E-state index is 11.0. The van der Waals surface area contributed by atoms with Crippen LogP contribution in [0.3, 0.4) is 0 Å². The molecular formula is C14H10N2O5. The van der Waals surface area contributed by atoms with Gasteiger partial charge in [0.1, 0.15) is 5.75 Å². The highest BCUT2D eigenvalue weighted by Crippen LogP contribution is 2.23. The normalized spacial score (nSPS) is 10.7. The van der Waals surface area contributed by atoms with Crippen molar-refractivity contribution in [3.05, 3.63) is 53.6 Å². The van der Waals surface area contributed by atoms with Gasteiger partial charge in [-0.3, -0.25) is 0 Å². The predicted octanol–water partition coefficient (Wildman–Crippen LogP) is 3.20.